The fraction of sp³-hybridized carbons (Fsp3) is 0.118. The molecule has 0 aliphatic carbocycles. The standard InChI is InChI=1S/C17H14ClNO2/c1-3-9-19-14-10-11(18)7-8-12(14)17(20)13-5-4-6-15(21-2)16(13)19/h3-8,10H,1,9H2,2H3. The van der Waals surface area contributed by atoms with Crippen molar-refractivity contribution in [3.63, 3.8) is 0 Å². The van der Waals surface area contributed by atoms with Gasteiger partial charge in [0.25, 0.3) is 0 Å². The summed E-state index contributed by atoms with van der Waals surface area (Å²) in [5.74, 6) is 0.660. The summed E-state index contributed by atoms with van der Waals surface area (Å²) in [5, 5.41) is 1.86. The van der Waals surface area contributed by atoms with Gasteiger partial charge in [-0.1, -0.05) is 23.7 Å². The third-order valence-corrected chi connectivity index (χ3v) is 3.78. The van der Waals surface area contributed by atoms with Crippen LogP contribution in [-0.2, 0) is 6.54 Å². The number of para-hydroxylation sites is 1. The van der Waals surface area contributed by atoms with E-state index in [4.69, 9.17) is 16.3 Å². The SMILES string of the molecule is C=CCn1c2cc(Cl)ccc2c(=O)c2cccc(OC)c21. The number of hydrogen-bond acceptors (Lipinski definition) is 2. The molecule has 2 aromatic carbocycles. The van der Waals surface area contributed by atoms with Crippen LogP contribution in [0.5, 0.6) is 5.75 Å². The molecule has 0 aliphatic rings. The van der Waals surface area contributed by atoms with E-state index in [9.17, 15) is 4.79 Å². The molecule has 4 heteroatoms. The van der Waals surface area contributed by atoms with Gasteiger partial charge >= 0.3 is 0 Å². The number of allylic oxidation sites excluding steroid dienone is 1. The lowest BCUT2D eigenvalue weighted by molar-refractivity contribution is 0.417. The van der Waals surface area contributed by atoms with E-state index in [-0.39, 0.29) is 5.43 Å². The van der Waals surface area contributed by atoms with Gasteiger partial charge in [0.2, 0.25) is 0 Å². The number of ether oxygens (including phenoxy) is 1. The predicted molar refractivity (Wildman–Crippen MR) is 87.5 cm³/mol. The highest BCUT2D eigenvalue weighted by Crippen LogP contribution is 2.28. The van der Waals surface area contributed by atoms with E-state index in [2.05, 4.69) is 6.58 Å². The number of fused-ring (bicyclic) bond motifs is 2. The minimum absolute atomic E-state index is 0.0177. The molecule has 0 unspecified atom stereocenters. The number of hydrogen-bond donors (Lipinski definition) is 0. The molecule has 0 bridgehead atoms. The smallest absolute Gasteiger partial charge is 0.197 e. The summed E-state index contributed by atoms with van der Waals surface area (Å²) in [6.45, 7) is 4.36. The maximum atomic E-state index is 12.7. The van der Waals surface area contributed by atoms with Crippen LogP contribution >= 0.6 is 11.6 Å². The maximum Gasteiger partial charge on any atom is 0.197 e. The van der Waals surface area contributed by atoms with Gasteiger partial charge in [-0.3, -0.25) is 4.79 Å². The molecule has 106 valence electrons. The Hall–Kier alpha value is -2.26. The average Bonchev–Trinajstić information content (AvgIpc) is 2.50. The van der Waals surface area contributed by atoms with E-state index in [0.717, 1.165) is 11.0 Å². The number of methoxy groups -OCH3 is 1. The first-order valence-electron chi connectivity index (χ1n) is 6.57. The molecule has 0 N–H and O–H groups in total. The summed E-state index contributed by atoms with van der Waals surface area (Å²) in [6, 6.07) is 10.8. The average molecular weight is 300 g/mol. The molecule has 3 aromatic rings. The van der Waals surface area contributed by atoms with E-state index in [1.807, 2.05) is 22.8 Å². The van der Waals surface area contributed by atoms with Crippen LogP contribution in [0.15, 0.2) is 53.8 Å². The molecule has 1 heterocycles. The molecule has 21 heavy (non-hydrogen) atoms. The molecule has 0 spiro atoms. The van der Waals surface area contributed by atoms with Gasteiger partial charge in [-0.15, -0.1) is 6.58 Å². The number of nitrogens with zero attached hydrogens (tertiary/aromatic N) is 1. The first-order valence-corrected chi connectivity index (χ1v) is 6.95. The van der Waals surface area contributed by atoms with Crippen molar-refractivity contribution in [2.24, 2.45) is 0 Å². The molecule has 0 aliphatic heterocycles. The van der Waals surface area contributed by atoms with E-state index in [0.29, 0.717) is 28.1 Å². The molecular formula is C17H14ClNO2. The summed E-state index contributed by atoms with van der Waals surface area (Å²) >= 11 is 6.10. The van der Waals surface area contributed by atoms with Gasteiger partial charge < -0.3 is 9.30 Å². The quantitative estimate of drug-likeness (QED) is 0.540. The number of rotatable bonds is 3. The fourth-order valence-electron chi connectivity index (χ4n) is 2.65. The minimum Gasteiger partial charge on any atom is -0.495 e. The summed E-state index contributed by atoms with van der Waals surface area (Å²) in [4.78, 5) is 12.7. The van der Waals surface area contributed by atoms with Gasteiger partial charge in [0.05, 0.1) is 23.5 Å². The summed E-state index contributed by atoms with van der Waals surface area (Å²) in [6.07, 6.45) is 1.79. The molecule has 0 fully saturated rings. The molecule has 0 atom stereocenters. The van der Waals surface area contributed by atoms with E-state index >= 15 is 0 Å². The lowest BCUT2D eigenvalue weighted by Gasteiger charge is -2.16. The second-order valence-electron chi connectivity index (χ2n) is 4.75. The zero-order chi connectivity index (χ0) is 15.0. The van der Waals surface area contributed by atoms with Crippen LogP contribution in [0.3, 0.4) is 0 Å². The zero-order valence-electron chi connectivity index (χ0n) is 11.6. The van der Waals surface area contributed by atoms with Crippen LogP contribution in [0.1, 0.15) is 0 Å². The molecule has 0 amide bonds. The third kappa shape index (κ3) is 2.10. The first kappa shape index (κ1) is 13.7. The van der Waals surface area contributed by atoms with Gasteiger partial charge in [0, 0.05) is 17.0 Å². The normalized spacial score (nSPS) is 11.0. The Labute approximate surface area is 127 Å². The largest absolute Gasteiger partial charge is 0.495 e. The highest BCUT2D eigenvalue weighted by Gasteiger charge is 2.13. The lowest BCUT2D eigenvalue weighted by atomic mass is 10.1. The van der Waals surface area contributed by atoms with Gasteiger partial charge in [-0.25, -0.2) is 0 Å². The van der Waals surface area contributed by atoms with Crippen LogP contribution in [0.2, 0.25) is 5.02 Å². The number of aromatic nitrogens is 1. The third-order valence-electron chi connectivity index (χ3n) is 3.54. The van der Waals surface area contributed by atoms with Crippen LogP contribution in [-0.4, -0.2) is 11.7 Å². The van der Waals surface area contributed by atoms with Crippen molar-refractivity contribution in [2.45, 2.75) is 6.54 Å². The van der Waals surface area contributed by atoms with E-state index in [1.165, 1.54) is 0 Å². The van der Waals surface area contributed by atoms with Crippen molar-refractivity contribution in [3.05, 3.63) is 64.3 Å². The molecule has 0 radical (unpaired) electrons. The molecule has 0 saturated heterocycles. The summed E-state index contributed by atoms with van der Waals surface area (Å²) in [5.41, 5.74) is 1.53. The fourth-order valence-corrected chi connectivity index (χ4v) is 2.82. The van der Waals surface area contributed by atoms with E-state index < -0.39 is 0 Å². The van der Waals surface area contributed by atoms with Gasteiger partial charge in [-0.05, 0) is 30.3 Å². The topological polar surface area (TPSA) is 31.2 Å². The van der Waals surface area contributed by atoms with Crippen LogP contribution in [0, 0.1) is 0 Å². The van der Waals surface area contributed by atoms with Crippen LogP contribution < -0.4 is 10.2 Å². The molecule has 0 saturated carbocycles. The lowest BCUT2D eigenvalue weighted by Crippen LogP contribution is -2.12. The molecule has 3 rings (SSSR count). The number of benzene rings is 2. The molecular weight excluding hydrogens is 286 g/mol. The van der Waals surface area contributed by atoms with Crippen molar-refractivity contribution >= 4 is 33.4 Å². The van der Waals surface area contributed by atoms with E-state index in [1.54, 1.807) is 31.4 Å². The number of pyridine rings is 1. The van der Waals surface area contributed by atoms with Gasteiger partial charge in [0.1, 0.15) is 5.75 Å². The highest BCUT2D eigenvalue weighted by molar-refractivity contribution is 6.31. The Morgan fingerprint density at radius 1 is 1.29 bits per heavy atom. The summed E-state index contributed by atoms with van der Waals surface area (Å²) < 4.78 is 7.43. The van der Waals surface area contributed by atoms with Crippen molar-refractivity contribution < 1.29 is 4.74 Å². The molecule has 1 aromatic heterocycles. The Bertz CT molecular complexity index is 912. The first-order chi connectivity index (χ1) is 10.2. The van der Waals surface area contributed by atoms with Crippen molar-refractivity contribution in [1.29, 1.82) is 0 Å². The second-order valence-corrected chi connectivity index (χ2v) is 5.18. The Balaban J connectivity index is 2.63. The minimum atomic E-state index is -0.0177. The van der Waals surface area contributed by atoms with Gasteiger partial charge in [-0.2, -0.15) is 0 Å². The molecule has 3 nitrogen and oxygen atoms in total. The zero-order valence-corrected chi connectivity index (χ0v) is 12.4. The second kappa shape index (κ2) is 5.26. The Kier molecular flexibility index (Phi) is 3.43. The highest BCUT2D eigenvalue weighted by atomic mass is 35.5. The summed E-state index contributed by atoms with van der Waals surface area (Å²) in [7, 11) is 1.60. The maximum absolute atomic E-state index is 12.7. The number of halogens is 1. The van der Waals surface area contributed by atoms with Crippen molar-refractivity contribution in [1.82, 2.24) is 4.57 Å². The van der Waals surface area contributed by atoms with Crippen LogP contribution in [0.25, 0.3) is 21.8 Å². The van der Waals surface area contributed by atoms with Crippen molar-refractivity contribution in [3.8, 4) is 5.75 Å². The predicted octanol–water partition coefficient (Wildman–Crippen LogP) is 4.00. The monoisotopic (exact) mass is 299 g/mol. The Morgan fingerprint density at radius 3 is 2.81 bits per heavy atom. The Morgan fingerprint density at radius 2 is 2.10 bits per heavy atom. The van der Waals surface area contributed by atoms with Crippen LogP contribution in [0.4, 0.5) is 0 Å². The van der Waals surface area contributed by atoms with Crippen molar-refractivity contribution in [2.75, 3.05) is 7.11 Å². The van der Waals surface area contributed by atoms with Gasteiger partial charge in [0.15, 0.2) is 5.43 Å².